The van der Waals surface area contributed by atoms with Crippen LogP contribution in [0.3, 0.4) is 0 Å². The van der Waals surface area contributed by atoms with E-state index < -0.39 is 11.9 Å². The number of carboxylic acid groups (broad SMARTS) is 1. The molecule has 114 valence electrons. The minimum absolute atomic E-state index is 0. The minimum atomic E-state index is -1.15. The number of nitrogens with one attached hydrogen (secondary N) is 3. The van der Waals surface area contributed by atoms with Gasteiger partial charge < -0.3 is 26.2 Å². The van der Waals surface area contributed by atoms with Gasteiger partial charge in [0.2, 0.25) is 0 Å². The van der Waals surface area contributed by atoms with Crippen molar-refractivity contribution in [2.24, 2.45) is 4.99 Å². The van der Waals surface area contributed by atoms with E-state index in [2.05, 4.69) is 27.5 Å². The van der Waals surface area contributed by atoms with Crippen LogP contribution in [0.15, 0.2) is 29.8 Å². The SMILES string of the molecule is C=CCNCCNCCNCCN=C([O-])/C=C/C(=O)O.[Na+]. The van der Waals surface area contributed by atoms with Crippen LogP contribution in [0.1, 0.15) is 0 Å². The summed E-state index contributed by atoms with van der Waals surface area (Å²) in [5.41, 5.74) is 0. The number of aliphatic imine (C=N–C) groups is 1. The Kier molecular flexibility index (Phi) is 18.7. The maximum atomic E-state index is 11.0. The van der Waals surface area contributed by atoms with Crippen molar-refractivity contribution in [3.63, 3.8) is 0 Å². The van der Waals surface area contributed by atoms with Gasteiger partial charge in [-0.25, -0.2) is 4.79 Å². The predicted octanol–water partition coefficient (Wildman–Crippen LogP) is -4.66. The van der Waals surface area contributed by atoms with E-state index in [1.807, 2.05) is 6.08 Å². The van der Waals surface area contributed by atoms with E-state index in [1.54, 1.807) is 0 Å². The molecule has 0 aliphatic carbocycles. The van der Waals surface area contributed by atoms with Gasteiger partial charge in [-0.3, -0.25) is 4.99 Å². The van der Waals surface area contributed by atoms with E-state index in [4.69, 9.17) is 5.11 Å². The fourth-order valence-electron chi connectivity index (χ4n) is 1.25. The van der Waals surface area contributed by atoms with Crippen molar-refractivity contribution in [3.8, 4) is 0 Å². The third-order valence-corrected chi connectivity index (χ3v) is 2.17. The molecule has 0 aromatic rings. The average Bonchev–Trinajstić information content (AvgIpc) is 2.42. The third-order valence-electron chi connectivity index (χ3n) is 2.17. The van der Waals surface area contributed by atoms with Crippen LogP contribution < -0.4 is 50.6 Å². The van der Waals surface area contributed by atoms with Crippen molar-refractivity contribution in [1.29, 1.82) is 0 Å². The molecule has 0 fully saturated rings. The predicted molar refractivity (Wildman–Crippen MR) is 77.9 cm³/mol. The van der Waals surface area contributed by atoms with Crippen LogP contribution in [-0.4, -0.2) is 62.8 Å². The molecular weight excluding hydrogens is 283 g/mol. The Morgan fingerprint density at radius 1 is 1.10 bits per heavy atom. The molecule has 4 N–H and O–H groups in total. The molecule has 0 heterocycles. The van der Waals surface area contributed by atoms with E-state index in [0.717, 1.165) is 44.9 Å². The van der Waals surface area contributed by atoms with Gasteiger partial charge in [0, 0.05) is 45.3 Å². The van der Waals surface area contributed by atoms with Gasteiger partial charge in [-0.05, 0) is 12.0 Å². The summed E-state index contributed by atoms with van der Waals surface area (Å²) in [5.74, 6) is -1.68. The Bertz CT molecular complexity index is 335. The van der Waals surface area contributed by atoms with Crippen LogP contribution >= 0.6 is 0 Å². The molecule has 8 heteroatoms. The van der Waals surface area contributed by atoms with Crippen molar-refractivity contribution in [2.45, 2.75) is 0 Å². The van der Waals surface area contributed by atoms with Crippen molar-refractivity contribution in [3.05, 3.63) is 24.8 Å². The van der Waals surface area contributed by atoms with Crippen LogP contribution in [-0.2, 0) is 4.79 Å². The molecule has 0 bridgehead atoms. The summed E-state index contributed by atoms with van der Waals surface area (Å²) in [5, 5.41) is 28.9. The van der Waals surface area contributed by atoms with Gasteiger partial charge >= 0.3 is 35.5 Å². The Hall–Kier alpha value is -0.700. The standard InChI is InChI=1S/C13H24N4O3.Na/c1-2-5-14-6-7-15-8-9-16-10-11-17-12(18)3-4-13(19)20;/h2-4,14-16H,1,5-11H2,(H,17,18)(H,19,20);/q;+1/p-1/b4-3+;. The van der Waals surface area contributed by atoms with Gasteiger partial charge in [-0.2, -0.15) is 0 Å². The molecule has 0 spiro atoms. The number of nitrogens with zero attached hydrogens (tertiary/aromatic N) is 1. The first kappa shape index (κ1) is 22.6. The molecule has 0 rings (SSSR count). The number of hydrogen-bond donors (Lipinski definition) is 4. The van der Waals surface area contributed by atoms with Crippen LogP contribution in [0.5, 0.6) is 0 Å². The van der Waals surface area contributed by atoms with Crippen molar-refractivity contribution < 1.29 is 44.6 Å². The normalized spacial score (nSPS) is 11.3. The van der Waals surface area contributed by atoms with Gasteiger partial charge in [0.15, 0.2) is 0 Å². The fourth-order valence-corrected chi connectivity index (χ4v) is 1.25. The maximum Gasteiger partial charge on any atom is 1.00 e. The second kappa shape index (κ2) is 17.4. The van der Waals surface area contributed by atoms with Crippen LogP contribution in [0.2, 0.25) is 0 Å². The molecule has 0 saturated heterocycles. The molecule has 7 nitrogen and oxygen atoms in total. The van der Waals surface area contributed by atoms with Gasteiger partial charge in [0.1, 0.15) is 0 Å². The summed E-state index contributed by atoms with van der Waals surface area (Å²) in [6.07, 6.45) is 3.54. The van der Waals surface area contributed by atoms with Crippen LogP contribution in [0.25, 0.3) is 0 Å². The van der Waals surface area contributed by atoms with Gasteiger partial charge in [0.05, 0.1) is 6.54 Å². The zero-order valence-electron chi connectivity index (χ0n) is 12.6. The van der Waals surface area contributed by atoms with Crippen LogP contribution in [0.4, 0.5) is 0 Å². The van der Waals surface area contributed by atoms with E-state index in [-0.39, 0.29) is 29.6 Å². The second-order valence-corrected chi connectivity index (χ2v) is 3.88. The number of aliphatic carboxylic acids is 1. The molecule has 0 aliphatic heterocycles. The molecule has 0 aromatic heterocycles. The first-order valence-corrected chi connectivity index (χ1v) is 6.52. The molecule has 0 aromatic carbocycles. The zero-order valence-corrected chi connectivity index (χ0v) is 14.6. The first-order valence-electron chi connectivity index (χ1n) is 6.52. The van der Waals surface area contributed by atoms with Gasteiger partial charge in [-0.1, -0.05) is 6.08 Å². The molecule has 21 heavy (non-hydrogen) atoms. The van der Waals surface area contributed by atoms with Gasteiger partial charge in [-0.15, -0.1) is 6.58 Å². The summed E-state index contributed by atoms with van der Waals surface area (Å²) in [6, 6.07) is 0. The van der Waals surface area contributed by atoms with E-state index >= 15 is 0 Å². The Balaban J connectivity index is 0. The topological polar surface area (TPSA) is 109 Å². The van der Waals surface area contributed by atoms with E-state index in [1.165, 1.54) is 0 Å². The smallest absolute Gasteiger partial charge is 0.859 e. The Morgan fingerprint density at radius 3 is 2.24 bits per heavy atom. The minimum Gasteiger partial charge on any atom is -0.859 e. The van der Waals surface area contributed by atoms with E-state index in [0.29, 0.717) is 13.1 Å². The Labute approximate surface area is 147 Å². The fraction of sp³-hybridized carbons (Fsp3) is 0.538. The van der Waals surface area contributed by atoms with E-state index in [9.17, 15) is 9.90 Å². The second-order valence-electron chi connectivity index (χ2n) is 3.88. The van der Waals surface area contributed by atoms with Gasteiger partial charge in [0.25, 0.3) is 0 Å². The number of carboxylic acids is 1. The monoisotopic (exact) mass is 306 g/mol. The number of carbonyl (C=O) groups is 1. The molecule has 0 amide bonds. The summed E-state index contributed by atoms with van der Waals surface area (Å²) in [7, 11) is 0. The summed E-state index contributed by atoms with van der Waals surface area (Å²) in [4.78, 5) is 13.8. The summed E-state index contributed by atoms with van der Waals surface area (Å²) >= 11 is 0. The largest absolute Gasteiger partial charge is 1.00 e. The van der Waals surface area contributed by atoms with Crippen LogP contribution in [0, 0.1) is 0 Å². The molecule has 0 aliphatic rings. The van der Waals surface area contributed by atoms with Crippen molar-refractivity contribution in [2.75, 3.05) is 45.8 Å². The summed E-state index contributed by atoms with van der Waals surface area (Å²) < 4.78 is 0. The first-order chi connectivity index (χ1) is 9.66. The quantitative estimate of drug-likeness (QED) is 0.0680. The molecule has 0 radical (unpaired) electrons. The number of hydrogen-bond acceptors (Lipinski definition) is 6. The van der Waals surface area contributed by atoms with Crippen molar-refractivity contribution >= 4 is 11.9 Å². The molecule has 0 saturated carbocycles. The number of rotatable bonds is 13. The molecule has 0 unspecified atom stereocenters. The summed E-state index contributed by atoms with van der Waals surface area (Å²) in [6.45, 7) is 8.75. The van der Waals surface area contributed by atoms with Crippen molar-refractivity contribution in [1.82, 2.24) is 16.0 Å². The molecule has 0 atom stereocenters. The Morgan fingerprint density at radius 2 is 1.67 bits per heavy atom. The third kappa shape index (κ3) is 19.3. The molecular formula is C13H23N4NaO3. The maximum absolute atomic E-state index is 11.0. The zero-order chi connectivity index (χ0) is 15.1. The average molecular weight is 306 g/mol.